The molecule has 1 amide bonds. The summed E-state index contributed by atoms with van der Waals surface area (Å²) in [4.78, 5) is 11.2. The van der Waals surface area contributed by atoms with Crippen molar-refractivity contribution in [3.63, 3.8) is 0 Å². The van der Waals surface area contributed by atoms with Crippen LogP contribution in [-0.4, -0.2) is 38.3 Å². The quantitative estimate of drug-likeness (QED) is 0.617. The molecule has 0 aliphatic carbocycles. The lowest BCUT2D eigenvalue weighted by Crippen LogP contribution is -2.38. The lowest BCUT2D eigenvalue weighted by Gasteiger charge is -2.22. The Morgan fingerprint density at radius 1 is 1.67 bits per heavy atom. The number of nitriles is 1. The van der Waals surface area contributed by atoms with E-state index in [2.05, 4.69) is 10.6 Å². The Balaban J connectivity index is 2.03. The SMILES string of the molecule is N#CCCNC(=O)CO[C@H]1CCCNC1. The summed E-state index contributed by atoms with van der Waals surface area (Å²) in [6.45, 7) is 2.36. The lowest BCUT2D eigenvalue weighted by atomic mass is 10.1. The summed E-state index contributed by atoms with van der Waals surface area (Å²) in [6, 6.07) is 1.96. The van der Waals surface area contributed by atoms with Gasteiger partial charge in [-0.2, -0.15) is 5.26 Å². The van der Waals surface area contributed by atoms with Gasteiger partial charge in [0.2, 0.25) is 5.91 Å². The van der Waals surface area contributed by atoms with Crippen LogP contribution in [0.3, 0.4) is 0 Å². The van der Waals surface area contributed by atoms with Gasteiger partial charge in [-0.05, 0) is 19.4 Å². The number of ether oxygens (including phenoxy) is 1. The fraction of sp³-hybridized carbons (Fsp3) is 0.800. The lowest BCUT2D eigenvalue weighted by molar-refractivity contribution is -0.127. The third-order valence-corrected chi connectivity index (χ3v) is 2.26. The summed E-state index contributed by atoms with van der Waals surface area (Å²) in [5, 5.41) is 14.1. The molecule has 0 radical (unpaired) electrons. The van der Waals surface area contributed by atoms with Gasteiger partial charge in [0.15, 0.2) is 0 Å². The first kappa shape index (κ1) is 12.0. The fourth-order valence-electron chi connectivity index (χ4n) is 1.46. The highest BCUT2D eigenvalue weighted by Gasteiger charge is 2.14. The smallest absolute Gasteiger partial charge is 0.246 e. The van der Waals surface area contributed by atoms with E-state index in [-0.39, 0.29) is 18.6 Å². The number of nitrogens with zero attached hydrogens (tertiary/aromatic N) is 1. The number of carbonyl (C=O) groups excluding carboxylic acids is 1. The molecule has 0 aromatic heterocycles. The van der Waals surface area contributed by atoms with Crippen molar-refractivity contribution in [2.45, 2.75) is 25.4 Å². The van der Waals surface area contributed by atoms with Crippen molar-refractivity contribution in [1.82, 2.24) is 10.6 Å². The highest BCUT2D eigenvalue weighted by molar-refractivity contribution is 5.77. The highest BCUT2D eigenvalue weighted by atomic mass is 16.5. The molecule has 0 saturated carbocycles. The van der Waals surface area contributed by atoms with Gasteiger partial charge in [-0.15, -0.1) is 0 Å². The molecule has 5 heteroatoms. The molecule has 15 heavy (non-hydrogen) atoms. The Bertz CT molecular complexity index is 231. The van der Waals surface area contributed by atoms with Crippen molar-refractivity contribution in [3.05, 3.63) is 0 Å². The van der Waals surface area contributed by atoms with E-state index < -0.39 is 0 Å². The number of carbonyl (C=O) groups is 1. The molecule has 1 fully saturated rings. The average molecular weight is 211 g/mol. The first-order chi connectivity index (χ1) is 7.33. The van der Waals surface area contributed by atoms with Gasteiger partial charge < -0.3 is 15.4 Å². The second kappa shape index (κ2) is 7.21. The standard InChI is InChI=1S/C10H17N3O2/c11-4-2-6-13-10(14)8-15-9-3-1-5-12-7-9/h9,12H,1-3,5-8H2,(H,13,14)/t9-/m0/s1. The van der Waals surface area contributed by atoms with Crippen molar-refractivity contribution >= 4 is 5.91 Å². The molecule has 0 unspecified atom stereocenters. The van der Waals surface area contributed by atoms with Crippen LogP contribution in [0.5, 0.6) is 0 Å². The van der Waals surface area contributed by atoms with Gasteiger partial charge in [-0.1, -0.05) is 0 Å². The minimum Gasteiger partial charge on any atom is -0.367 e. The van der Waals surface area contributed by atoms with Gasteiger partial charge in [-0.3, -0.25) is 4.79 Å². The van der Waals surface area contributed by atoms with Crippen molar-refractivity contribution in [1.29, 1.82) is 5.26 Å². The maximum absolute atomic E-state index is 11.2. The molecule has 5 nitrogen and oxygen atoms in total. The molecule has 1 atom stereocenters. The number of rotatable bonds is 5. The van der Waals surface area contributed by atoms with Gasteiger partial charge in [0.05, 0.1) is 18.6 Å². The van der Waals surface area contributed by atoms with E-state index in [0.717, 1.165) is 25.9 Å². The van der Waals surface area contributed by atoms with Crippen LogP contribution in [0.2, 0.25) is 0 Å². The molecule has 84 valence electrons. The van der Waals surface area contributed by atoms with E-state index in [1.807, 2.05) is 6.07 Å². The number of hydrogen-bond acceptors (Lipinski definition) is 4. The monoisotopic (exact) mass is 211 g/mol. The normalized spacial score (nSPS) is 20.6. The Kier molecular flexibility index (Phi) is 5.74. The van der Waals surface area contributed by atoms with E-state index in [0.29, 0.717) is 13.0 Å². The molecule has 1 rings (SSSR count). The van der Waals surface area contributed by atoms with Gasteiger partial charge in [0.25, 0.3) is 0 Å². The zero-order chi connectivity index (χ0) is 10.9. The largest absolute Gasteiger partial charge is 0.367 e. The summed E-state index contributed by atoms with van der Waals surface area (Å²) in [5.41, 5.74) is 0. The molecule has 1 aliphatic heterocycles. The zero-order valence-corrected chi connectivity index (χ0v) is 8.79. The van der Waals surface area contributed by atoms with Crippen molar-refractivity contribution in [3.8, 4) is 6.07 Å². The first-order valence-corrected chi connectivity index (χ1v) is 5.29. The summed E-state index contributed by atoms with van der Waals surface area (Å²) in [6.07, 6.45) is 2.61. The maximum Gasteiger partial charge on any atom is 0.246 e. The molecular formula is C10H17N3O2. The summed E-state index contributed by atoms with van der Waals surface area (Å²) in [5.74, 6) is -0.143. The van der Waals surface area contributed by atoms with Crippen LogP contribution in [0.4, 0.5) is 0 Å². The van der Waals surface area contributed by atoms with E-state index in [1.54, 1.807) is 0 Å². The van der Waals surface area contributed by atoms with Crippen LogP contribution >= 0.6 is 0 Å². The summed E-state index contributed by atoms with van der Waals surface area (Å²) >= 11 is 0. The second-order valence-corrected chi connectivity index (χ2v) is 3.54. The fourth-order valence-corrected chi connectivity index (χ4v) is 1.46. The molecule has 1 saturated heterocycles. The molecule has 0 bridgehead atoms. The van der Waals surface area contributed by atoms with Crippen LogP contribution in [0.1, 0.15) is 19.3 Å². The van der Waals surface area contributed by atoms with Gasteiger partial charge in [0, 0.05) is 13.1 Å². The summed E-state index contributed by atoms with van der Waals surface area (Å²) in [7, 11) is 0. The molecule has 0 spiro atoms. The Hall–Kier alpha value is -1.12. The van der Waals surface area contributed by atoms with E-state index in [1.165, 1.54) is 0 Å². The van der Waals surface area contributed by atoms with Gasteiger partial charge in [0.1, 0.15) is 6.61 Å². The van der Waals surface area contributed by atoms with Gasteiger partial charge >= 0.3 is 0 Å². The number of hydrogen-bond donors (Lipinski definition) is 2. The Labute approximate surface area is 89.8 Å². The minimum absolute atomic E-state index is 0.0950. The van der Waals surface area contributed by atoms with E-state index >= 15 is 0 Å². The Morgan fingerprint density at radius 3 is 3.20 bits per heavy atom. The van der Waals surface area contributed by atoms with Crippen LogP contribution in [0.25, 0.3) is 0 Å². The van der Waals surface area contributed by atoms with Crippen LogP contribution in [-0.2, 0) is 9.53 Å². The molecule has 1 aliphatic rings. The molecule has 0 aromatic carbocycles. The molecular weight excluding hydrogens is 194 g/mol. The molecule has 2 N–H and O–H groups in total. The predicted octanol–water partition coefficient (Wildman–Crippen LogP) is -0.215. The third-order valence-electron chi connectivity index (χ3n) is 2.26. The maximum atomic E-state index is 11.2. The number of nitrogens with one attached hydrogen (secondary N) is 2. The number of piperidine rings is 1. The van der Waals surface area contributed by atoms with Crippen LogP contribution < -0.4 is 10.6 Å². The second-order valence-electron chi connectivity index (χ2n) is 3.54. The van der Waals surface area contributed by atoms with Crippen molar-refractivity contribution in [2.24, 2.45) is 0 Å². The number of amides is 1. The topological polar surface area (TPSA) is 74.2 Å². The van der Waals surface area contributed by atoms with Crippen LogP contribution in [0.15, 0.2) is 0 Å². The van der Waals surface area contributed by atoms with E-state index in [9.17, 15) is 4.79 Å². The predicted molar refractivity (Wildman–Crippen MR) is 55.1 cm³/mol. The summed E-state index contributed by atoms with van der Waals surface area (Å²) < 4.78 is 5.42. The third kappa shape index (κ3) is 5.35. The first-order valence-electron chi connectivity index (χ1n) is 5.29. The Morgan fingerprint density at radius 2 is 2.53 bits per heavy atom. The van der Waals surface area contributed by atoms with Gasteiger partial charge in [-0.25, -0.2) is 0 Å². The minimum atomic E-state index is -0.143. The van der Waals surface area contributed by atoms with Crippen molar-refractivity contribution in [2.75, 3.05) is 26.2 Å². The molecule has 1 heterocycles. The highest BCUT2D eigenvalue weighted by Crippen LogP contribution is 2.05. The zero-order valence-electron chi connectivity index (χ0n) is 8.79. The average Bonchev–Trinajstić information content (AvgIpc) is 2.28. The van der Waals surface area contributed by atoms with Crippen LogP contribution in [0, 0.1) is 11.3 Å². The van der Waals surface area contributed by atoms with Crippen molar-refractivity contribution < 1.29 is 9.53 Å². The molecule has 0 aromatic rings. The van der Waals surface area contributed by atoms with E-state index in [4.69, 9.17) is 10.00 Å².